The summed E-state index contributed by atoms with van der Waals surface area (Å²) in [6, 6.07) is 13.7. The van der Waals surface area contributed by atoms with Crippen LogP contribution >= 0.6 is 0 Å². The molecule has 5 nitrogen and oxygen atoms in total. The van der Waals surface area contributed by atoms with Gasteiger partial charge in [-0.2, -0.15) is 18.3 Å². The smallest absolute Gasteiger partial charge is 0.380 e. The van der Waals surface area contributed by atoms with Gasteiger partial charge in [-0.3, -0.25) is 5.43 Å². The average Bonchev–Trinajstić information content (AvgIpc) is 2.94. The molecule has 0 saturated heterocycles. The molecule has 1 heterocycles. The molecule has 2 aromatic carbocycles. The largest absolute Gasteiger partial charge is 0.416 e. The number of nitrogens with zero attached hydrogens (tertiary/aromatic N) is 3. The number of hydrogen-bond donors (Lipinski definition) is 2. The topological polar surface area (TPSA) is 75.1 Å². The van der Waals surface area contributed by atoms with E-state index in [0.717, 1.165) is 17.8 Å². The molecule has 2 aromatic rings. The lowest BCUT2D eigenvalue weighted by molar-refractivity contribution is -0.137. The maximum absolute atomic E-state index is 12.6. The van der Waals surface area contributed by atoms with Crippen LogP contribution < -0.4 is 11.2 Å². The molecule has 1 aliphatic rings. The number of halogens is 3. The zero-order chi connectivity index (χ0) is 17.2. The summed E-state index contributed by atoms with van der Waals surface area (Å²) in [5.74, 6) is 0.0910. The number of hydrazone groups is 1. The Morgan fingerprint density at radius 3 is 2.21 bits per heavy atom. The number of para-hydroxylation sites is 1. The van der Waals surface area contributed by atoms with E-state index in [1.54, 1.807) is 12.1 Å². The summed E-state index contributed by atoms with van der Waals surface area (Å²) in [5, 5.41) is 11.8. The fourth-order valence-corrected chi connectivity index (χ4v) is 2.07. The normalized spacial score (nSPS) is 16.0. The van der Waals surface area contributed by atoms with Crippen molar-refractivity contribution in [2.24, 2.45) is 21.0 Å². The fraction of sp³-hybridized carbons (Fsp3) is 0.0625. The van der Waals surface area contributed by atoms with E-state index < -0.39 is 11.7 Å². The van der Waals surface area contributed by atoms with Crippen molar-refractivity contribution in [3.05, 3.63) is 65.7 Å². The van der Waals surface area contributed by atoms with Crippen molar-refractivity contribution >= 4 is 22.9 Å². The third kappa shape index (κ3) is 3.27. The Labute approximate surface area is 135 Å². The van der Waals surface area contributed by atoms with Gasteiger partial charge in [0.1, 0.15) is 5.71 Å². The third-order valence-corrected chi connectivity index (χ3v) is 3.28. The van der Waals surface area contributed by atoms with Gasteiger partial charge in [0.15, 0.2) is 11.5 Å². The maximum Gasteiger partial charge on any atom is 0.416 e. The van der Waals surface area contributed by atoms with Crippen molar-refractivity contribution in [2.75, 3.05) is 5.43 Å². The predicted octanol–water partition coefficient (Wildman–Crippen LogP) is 3.25. The first kappa shape index (κ1) is 15.7. The van der Waals surface area contributed by atoms with Gasteiger partial charge in [-0.05, 0) is 24.3 Å². The monoisotopic (exact) mass is 331 g/mol. The number of amidine groups is 1. The lowest BCUT2D eigenvalue weighted by Crippen LogP contribution is -2.28. The molecule has 3 rings (SSSR count). The molecule has 122 valence electrons. The molecule has 0 spiro atoms. The van der Waals surface area contributed by atoms with Crippen LogP contribution in [0.2, 0.25) is 0 Å². The molecule has 0 aromatic heterocycles. The number of rotatable bonds is 3. The Hall–Kier alpha value is -3.16. The van der Waals surface area contributed by atoms with Gasteiger partial charge in [-0.1, -0.05) is 30.3 Å². The van der Waals surface area contributed by atoms with Gasteiger partial charge in [0.05, 0.1) is 11.3 Å². The van der Waals surface area contributed by atoms with Gasteiger partial charge in [0.25, 0.3) is 0 Å². The van der Waals surface area contributed by atoms with Gasteiger partial charge in [-0.15, -0.1) is 10.2 Å². The first-order chi connectivity index (χ1) is 11.4. The number of anilines is 1. The van der Waals surface area contributed by atoms with Crippen LogP contribution in [-0.2, 0) is 6.18 Å². The molecule has 3 N–H and O–H groups in total. The van der Waals surface area contributed by atoms with E-state index in [9.17, 15) is 13.2 Å². The van der Waals surface area contributed by atoms with Crippen molar-refractivity contribution in [3.63, 3.8) is 0 Å². The highest BCUT2D eigenvalue weighted by atomic mass is 19.4. The number of nitrogens with one attached hydrogen (secondary N) is 1. The van der Waals surface area contributed by atoms with Crippen molar-refractivity contribution in [1.82, 2.24) is 0 Å². The van der Waals surface area contributed by atoms with Crippen LogP contribution in [0.15, 0.2) is 69.9 Å². The van der Waals surface area contributed by atoms with E-state index in [1.165, 1.54) is 12.1 Å². The molecule has 8 heteroatoms. The number of nitrogens with two attached hydrogens (primary N) is 1. The SMILES string of the molecule is NC1=NN=C(c2ccc(C(F)(F)F)cc2)/C1=N\Nc1ccccc1. The molecule has 24 heavy (non-hydrogen) atoms. The second kappa shape index (κ2) is 6.15. The van der Waals surface area contributed by atoms with E-state index in [0.29, 0.717) is 11.3 Å². The second-order valence-electron chi connectivity index (χ2n) is 4.95. The lowest BCUT2D eigenvalue weighted by atomic mass is 10.0. The zero-order valence-electron chi connectivity index (χ0n) is 12.2. The molecule has 0 aliphatic carbocycles. The summed E-state index contributed by atoms with van der Waals surface area (Å²) in [7, 11) is 0. The van der Waals surface area contributed by atoms with Crippen LogP contribution in [0.1, 0.15) is 11.1 Å². The standard InChI is InChI=1S/C16H12F3N5/c17-16(18,19)11-8-6-10(7-9-11)13-14(15(20)24-22-13)23-21-12-4-2-1-3-5-12/h1-9,21H,(H2,20,23,24). The highest BCUT2D eigenvalue weighted by Gasteiger charge is 2.30. The predicted molar refractivity (Wildman–Crippen MR) is 87.1 cm³/mol. The summed E-state index contributed by atoms with van der Waals surface area (Å²) in [6.07, 6.45) is -4.39. The van der Waals surface area contributed by atoms with E-state index in [2.05, 4.69) is 20.7 Å². The van der Waals surface area contributed by atoms with Crippen molar-refractivity contribution < 1.29 is 13.2 Å². The van der Waals surface area contributed by atoms with E-state index in [-0.39, 0.29) is 11.5 Å². The highest BCUT2D eigenvalue weighted by molar-refractivity contribution is 6.72. The van der Waals surface area contributed by atoms with Crippen LogP contribution in [0.5, 0.6) is 0 Å². The molecule has 0 atom stereocenters. The van der Waals surface area contributed by atoms with Crippen molar-refractivity contribution in [3.8, 4) is 0 Å². The molecular weight excluding hydrogens is 319 g/mol. The molecule has 0 amide bonds. The Morgan fingerprint density at radius 1 is 0.917 bits per heavy atom. The molecule has 0 radical (unpaired) electrons. The second-order valence-corrected chi connectivity index (χ2v) is 4.95. The highest BCUT2D eigenvalue weighted by Crippen LogP contribution is 2.29. The quantitative estimate of drug-likeness (QED) is 0.847. The Kier molecular flexibility index (Phi) is 4.03. The molecular formula is C16H12F3N5. The Balaban J connectivity index is 1.85. The third-order valence-electron chi connectivity index (χ3n) is 3.28. The molecule has 0 fully saturated rings. The minimum Gasteiger partial charge on any atom is -0.380 e. The van der Waals surface area contributed by atoms with Crippen LogP contribution in [-0.4, -0.2) is 17.3 Å². The molecule has 1 aliphatic heterocycles. The van der Waals surface area contributed by atoms with Crippen LogP contribution in [0.25, 0.3) is 0 Å². The number of benzene rings is 2. The minimum absolute atomic E-state index is 0.0910. The van der Waals surface area contributed by atoms with Gasteiger partial charge in [0.2, 0.25) is 0 Å². The summed E-state index contributed by atoms with van der Waals surface area (Å²) < 4.78 is 37.9. The molecule has 0 unspecified atom stereocenters. The van der Waals surface area contributed by atoms with Crippen LogP contribution in [0, 0.1) is 0 Å². The number of alkyl halides is 3. The first-order valence-electron chi connectivity index (χ1n) is 6.93. The summed E-state index contributed by atoms with van der Waals surface area (Å²) in [5.41, 5.74) is 9.60. The van der Waals surface area contributed by atoms with Crippen molar-refractivity contribution in [2.45, 2.75) is 6.18 Å². The minimum atomic E-state index is -4.39. The summed E-state index contributed by atoms with van der Waals surface area (Å²) in [6.45, 7) is 0. The summed E-state index contributed by atoms with van der Waals surface area (Å²) >= 11 is 0. The van der Waals surface area contributed by atoms with Gasteiger partial charge in [-0.25, -0.2) is 0 Å². The average molecular weight is 331 g/mol. The fourth-order valence-electron chi connectivity index (χ4n) is 2.07. The van der Waals surface area contributed by atoms with E-state index in [1.807, 2.05) is 18.2 Å². The summed E-state index contributed by atoms with van der Waals surface area (Å²) in [4.78, 5) is 0. The Morgan fingerprint density at radius 2 is 1.58 bits per heavy atom. The van der Waals surface area contributed by atoms with Gasteiger partial charge in [0, 0.05) is 5.56 Å². The van der Waals surface area contributed by atoms with E-state index >= 15 is 0 Å². The Bertz CT molecular complexity index is 821. The molecule has 0 saturated carbocycles. The first-order valence-corrected chi connectivity index (χ1v) is 6.93. The number of hydrogen-bond acceptors (Lipinski definition) is 5. The van der Waals surface area contributed by atoms with Crippen LogP contribution in [0.4, 0.5) is 18.9 Å². The van der Waals surface area contributed by atoms with Crippen molar-refractivity contribution in [1.29, 1.82) is 0 Å². The van der Waals surface area contributed by atoms with E-state index in [4.69, 9.17) is 5.73 Å². The maximum atomic E-state index is 12.6. The lowest BCUT2D eigenvalue weighted by Gasteiger charge is -2.08. The van der Waals surface area contributed by atoms with Gasteiger partial charge >= 0.3 is 6.18 Å². The zero-order valence-corrected chi connectivity index (χ0v) is 12.2. The molecule has 0 bridgehead atoms. The van der Waals surface area contributed by atoms with Crippen LogP contribution in [0.3, 0.4) is 0 Å². The van der Waals surface area contributed by atoms with Gasteiger partial charge < -0.3 is 5.73 Å².